The molecule has 2 rings (SSSR count). The van der Waals surface area contributed by atoms with Gasteiger partial charge in [-0.15, -0.1) is 0 Å². The van der Waals surface area contributed by atoms with Crippen LogP contribution >= 0.6 is 0 Å². The van der Waals surface area contributed by atoms with Crippen LogP contribution in [0.1, 0.15) is 60.2 Å². The normalized spacial score (nSPS) is 26.5. The molecule has 0 fully saturated rings. The van der Waals surface area contributed by atoms with E-state index in [2.05, 4.69) is 0 Å². The number of hydrogen-bond donors (Lipinski definition) is 2. The molecule has 0 heterocycles. The number of rotatable bonds is 8. The third-order valence-electron chi connectivity index (χ3n) is 4.11. The van der Waals surface area contributed by atoms with E-state index in [0.717, 1.165) is 12.8 Å². The van der Waals surface area contributed by atoms with E-state index < -0.39 is 23.1 Å². The molecule has 0 aliphatic heterocycles. The zero-order chi connectivity index (χ0) is 17.8. The summed E-state index contributed by atoms with van der Waals surface area (Å²) in [5.41, 5.74) is 0.0375. The van der Waals surface area contributed by atoms with Gasteiger partial charge in [0.1, 0.15) is 0 Å². The first-order valence-electron chi connectivity index (χ1n) is 8.33. The average Bonchev–Trinajstić information content (AvgIpc) is 2.59. The van der Waals surface area contributed by atoms with Crippen LogP contribution in [-0.2, 0) is 9.47 Å². The fourth-order valence-corrected chi connectivity index (χ4v) is 2.61. The van der Waals surface area contributed by atoms with E-state index in [9.17, 15) is 19.8 Å². The number of fused-ring (bicyclic) bond motifs is 1. The fraction of sp³-hybridized carbons (Fsp3) is 0.556. The van der Waals surface area contributed by atoms with Crippen molar-refractivity contribution < 1.29 is 29.3 Å². The molecule has 0 unspecified atom stereocenters. The minimum Gasteiger partial charge on any atom is -0.355 e. The molecule has 0 saturated heterocycles. The minimum atomic E-state index is -2.75. The highest BCUT2D eigenvalue weighted by Gasteiger charge is 2.66. The molecule has 1 aromatic rings. The molecule has 0 radical (unpaired) electrons. The molecule has 132 valence electrons. The van der Waals surface area contributed by atoms with Gasteiger partial charge < -0.3 is 19.7 Å². The highest BCUT2D eigenvalue weighted by Crippen LogP contribution is 2.38. The first-order valence-corrected chi connectivity index (χ1v) is 8.33. The molecule has 1 aromatic carbocycles. The summed E-state index contributed by atoms with van der Waals surface area (Å²) in [6.07, 6.45) is 2.67. The zero-order valence-corrected chi connectivity index (χ0v) is 14.1. The number of carbonyl (C=O) groups excluding carboxylic acids is 2. The second-order valence-corrected chi connectivity index (χ2v) is 5.90. The van der Waals surface area contributed by atoms with E-state index in [-0.39, 0.29) is 24.3 Å². The Kier molecular flexibility index (Phi) is 5.87. The summed E-state index contributed by atoms with van der Waals surface area (Å²) in [4.78, 5) is 25.5. The van der Waals surface area contributed by atoms with Crippen LogP contribution in [0.5, 0.6) is 0 Å². The van der Waals surface area contributed by atoms with Crippen molar-refractivity contribution in [3.05, 3.63) is 35.4 Å². The van der Waals surface area contributed by atoms with Crippen LogP contribution in [0.25, 0.3) is 0 Å². The molecule has 0 bridgehead atoms. The maximum Gasteiger partial charge on any atom is 0.295 e. The predicted molar refractivity (Wildman–Crippen MR) is 86.7 cm³/mol. The lowest BCUT2D eigenvalue weighted by Gasteiger charge is -2.43. The molecule has 0 amide bonds. The van der Waals surface area contributed by atoms with Crippen LogP contribution in [0.4, 0.5) is 0 Å². The van der Waals surface area contributed by atoms with E-state index >= 15 is 0 Å². The molecule has 1 aliphatic carbocycles. The second kappa shape index (κ2) is 7.53. The Morgan fingerprint density at radius 1 is 0.833 bits per heavy atom. The van der Waals surface area contributed by atoms with Gasteiger partial charge in [-0.1, -0.05) is 51.0 Å². The van der Waals surface area contributed by atoms with Crippen molar-refractivity contribution in [2.24, 2.45) is 0 Å². The van der Waals surface area contributed by atoms with Crippen LogP contribution in [0, 0.1) is 0 Å². The zero-order valence-electron chi connectivity index (χ0n) is 14.1. The predicted octanol–water partition coefficient (Wildman–Crippen LogP) is 2.08. The minimum absolute atomic E-state index is 0.0188. The van der Waals surface area contributed by atoms with Gasteiger partial charge in [0.15, 0.2) is 0 Å². The van der Waals surface area contributed by atoms with Crippen LogP contribution in [0.2, 0.25) is 0 Å². The van der Waals surface area contributed by atoms with Crippen LogP contribution in [0.3, 0.4) is 0 Å². The van der Waals surface area contributed by atoms with Crippen LogP contribution in [0.15, 0.2) is 24.3 Å². The SMILES string of the molecule is CCCCO[C@@]1(O)C(=O)c2ccccc2C(=O)[C@]1(O)OCCCC. The number of benzene rings is 1. The Morgan fingerprint density at radius 2 is 1.21 bits per heavy atom. The summed E-state index contributed by atoms with van der Waals surface area (Å²) in [6, 6.07) is 6.02. The van der Waals surface area contributed by atoms with E-state index in [1.165, 1.54) is 12.1 Å². The van der Waals surface area contributed by atoms with Crippen LogP contribution in [-0.4, -0.2) is 46.6 Å². The topological polar surface area (TPSA) is 93.1 Å². The summed E-state index contributed by atoms with van der Waals surface area (Å²) < 4.78 is 10.6. The standard InChI is InChI=1S/C18H24O6/c1-3-5-11-23-17(21)15(19)13-9-7-8-10-14(13)16(20)18(17,22)24-12-6-4-2/h7-10,21-22H,3-6,11-12H2,1-2H3/t17-,18-/m0/s1. The molecular formula is C18H24O6. The monoisotopic (exact) mass is 336 g/mol. The molecule has 6 nitrogen and oxygen atoms in total. The average molecular weight is 336 g/mol. The Hall–Kier alpha value is -1.60. The lowest BCUT2D eigenvalue weighted by Crippen LogP contribution is -2.69. The summed E-state index contributed by atoms with van der Waals surface area (Å²) >= 11 is 0. The number of hydrogen-bond acceptors (Lipinski definition) is 6. The number of Topliss-reactive ketones (excluding diaryl/α,β-unsaturated/α-hetero) is 2. The van der Waals surface area contributed by atoms with E-state index in [0.29, 0.717) is 12.8 Å². The van der Waals surface area contributed by atoms with Gasteiger partial charge in [-0.3, -0.25) is 9.59 Å². The molecule has 0 aromatic heterocycles. The van der Waals surface area contributed by atoms with Gasteiger partial charge in [0, 0.05) is 11.1 Å². The number of ketones is 2. The molecule has 0 saturated carbocycles. The van der Waals surface area contributed by atoms with Crippen molar-refractivity contribution >= 4 is 11.6 Å². The van der Waals surface area contributed by atoms with Crippen molar-refractivity contribution in [1.82, 2.24) is 0 Å². The van der Waals surface area contributed by atoms with Gasteiger partial charge in [-0.25, -0.2) is 0 Å². The van der Waals surface area contributed by atoms with Crippen LogP contribution < -0.4 is 0 Å². The molecule has 0 spiro atoms. The Labute approximate surface area is 141 Å². The molecule has 1 aliphatic rings. The van der Waals surface area contributed by atoms with Gasteiger partial charge >= 0.3 is 0 Å². The largest absolute Gasteiger partial charge is 0.355 e. The van der Waals surface area contributed by atoms with Crippen molar-refractivity contribution in [1.29, 1.82) is 0 Å². The Morgan fingerprint density at radius 3 is 1.54 bits per heavy atom. The highest BCUT2D eigenvalue weighted by molar-refractivity contribution is 6.20. The van der Waals surface area contributed by atoms with E-state index in [1.54, 1.807) is 12.1 Å². The number of ether oxygens (including phenoxy) is 2. The molecule has 2 atom stereocenters. The van der Waals surface area contributed by atoms with E-state index in [4.69, 9.17) is 9.47 Å². The summed E-state index contributed by atoms with van der Waals surface area (Å²) in [5.74, 6) is -7.23. The first-order chi connectivity index (χ1) is 11.4. The van der Waals surface area contributed by atoms with Crippen molar-refractivity contribution in [2.45, 2.75) is 51.1 Å². The van der Waals surface area contributed by atoms with Gasteiger partial charge in [0.25, 0.3) is 11.6 Å². The molecule has 2 N–H and O–H groups in total. The fourth-order valence-electron chi connectivity index (χ4n) is 2.61. The highest BCUT2D eigenvalue weighted by atomic mass is 16.7. The smallest absolute Gasteiger partial charge is 0.295 e. The number of unbranched alkanes of at least 4 members (excludes halogenated alkanes) is 2. The van der Waals surface area contributed by atoms with Gasteiger partial charge in [-0.05, 0) is 12.8 Å². The maximum atomic E-state index is 12.8. The number of carbonyl (C=O) groups is 2. The Bertz CT molecular complexity index is 560. The molecular weight excluding hydrogens is 312 g/mol. The van der Waals surface area contributed by atoms with Gasteiger partial charge in [-0.2, -0.15) is 0 Å². The second-order valence-electron chi connectivity index (χ2n) is 5.90. The summed E-state index contributed by atoms with van der Waals surface area (Å²) in [7, 11) is 0. The molecule has 6 heteroatoms. The van der Waals surface area contributed by atoms with Gasteiger partial charge in [0.2, 0.25) is 11.6 Å². The maximum absolute atomic E-state index is 12.8. The molecule has 24 heavy (non-hydrogen) atoms. The van der Waals surface area contributed by atoms with Crippen molar-refractivity contribution in [2.75, 3.05) is 13.2 Å². The van der Waals surface area contributed by atoms with Crippen molar-refractivity contribution in [3.8, 4) is 0 Å². The quantitative estimate of drug-likeness (QED) is 0.558. The summed E-state index contributed by atoms with van der Waals surface area (Å²) in [6.45, 7) is 3.88. The third kappa shape index (κ3) is 3.02. The lowest BCUT2D eigenvalue weighted by molar-refractivity contribution is -0.333. The van der Waals surface area contributed by atoms with E-state index in [1.807, 2.05) is 13.8 Å². The first kappa shape index (κ1) is 18.7. The van der Waals surface area contributed by atoms with Gasteiger partial charge in [0.05, 0.1) is 13.2 Å². The van der Waals surface area contributed by atoms with Crippen molar-refractivity contribution in [3.63, 3.8) is 0 Å². The lowest BCUT2D eigenvalue weighted by atomic mass is 9.80. The third-order valence-corrected chi connectivity index (χ3v) is 4.11. The Balaban J connectivity index is 2.46. The summed E-state index contributed by atoms with van der Waals surface area (Å²) in [5, 5.41) is 21.7. The number of aliphatic hydroxyl groups is 2.